The summed E-state index contributed by atoms with van der Waals surface area (Å²) in [6, 6.07) is 7.18. The van der Waals surface area contributed by atoms with Gasteiger partial charge in [-0.2, -0.15) is 5.10 Å². The summed E-state index contributed by atoms with van der Waals surface area (Å²) in [7, 11) is 1.77. The highest BCUT2D eigenvalue weighted by molar-refractivity contribution is 6.03. The Bertz CT molecular complexity index is 830. The van der Waals surface area contributed by atoms with E-state index in [-0.39, 0.29) is 5.91 Å². The lowest BCUT2D eigenvalue weighted by Crippen LogP contribution is -2.10. The molecule has 3 rings (SSSR count). The number of amides is 1. The van der Waals surface area contributed by atoms with E-state index < -0.39 is 0 Å². The van der Waals surface area contributed by atoms with Crippen molar-refractivity contribution in [2.24, 2.45) is 7.05 Å². The van der Waals surface area contributed by atoms with Crippen molar-refractivity contribution in [3.8, 4) is 5.75 Å². The van der Waals surface area contributed by atoms with Crippen molar-refractivity contribution in [3.05, 3.63) is 59.2 Å². The van der Waals surface area contributed by atoms with E-state index in [9.17, 15) is 4.79 Å². The lowest BCUT2D eigenvalue weighted by atomic mass is 10.2. The third-order valence-corrected chi connectivity index (χ3v) is 3.64. The topological polar surface area (TPSA) is 82.2 Å². The first-order valence-electron chi connectivity index (χ1n) is 7.47. The van der Waals surface area contributed by atoms with Gasteiger partial charge in [0.25, 0.3) is 5.91 Å². The lowest BCUT2D eigenvalue weighted by molar-refractivity contribution is 0.102. The normalized spacial score (nSPS) is 10.6. The molecule has 7 heteroatoms. The summed E-state index contributed by atoms with van der Waals surface area (Å²) in [5.74, 6) is 1.26. The average Bonchev–Trinajstić information content (AvgIpc) is 3.13. The van der Waals surface area contributed by atoms with Crippen LogP contribution in [0.1, 0.15) is 27.4 Å². The summed E-state index contributed by atoms with van der Waals surface area (Å²) in [5.41, 5.74) is 2.97. The Morgan fingerprint density at radius 2 is 2.04 bits per heavy atom. The van der Waals surface area contributed by atoms with Gasteiger partial charge in [0.15, 0.2) is 0 Å². The molecular formula is C17H18N4O3. The number of anilines is 1. The number of carbonyl (C=O) groups excluding carboxylic acids is 1. The number of rotatable bonds is 5. The standard InChI is InChI=1S/C17H18N4O3/c1-11-16(12(2)24-20-11)10-23-15-6-4-14(5-7-15)19-17(22)13-8-18-21(3)9-13/h4-9H,10H2,1-3H3,(H,19,22). The highest BCUT2D eigenvalue weighted by Gasteiger charge is 2.10. The molecule has 124 valence electrons. The zero-order chi connectivity index (χ0) is 17.1. The summed E-state index contributed by atoms with van der Waals surface area (Å²) in [5, 5.41) is 10.7. The minimum Gasteiger partial charge on any atom is -0.489 e. The fourth-order valence-corrected chi connectivity index (χ4v) is 2.24. The van der Waals surface area contributed by atoms with Crippen LogP contribution in [-0.4, -0.2) is 20.8 Å². The number of nitrogens with zero attached hydrogens (tertiary/aromatic N) is 3. The van der Waals surface area contributed by atoms with Crippen LogP contribution < -0.4 is 10.1 Å². The first-order chi connectivity index (χ1) is 11.5. The van der Waals surface area contributed by atoms with Crippen molar-refractivity contribution in [2.75, 3.05) is 5.32 Å². The second kappa shape index (κ2) is 6.57. The number of aromatic nitrogens is 3. The van der Waals surface area contributed by atoms with Crippen LogP contribution in [0.25, 0.3) is 0 Å². The molecule has 0 aliphatic heterocycles. The van der Waals surface area contributed by atoms with E-state index in [0.29, 0.717) is 23.6 Å². The van der Waals surface area contributed by atoms with Crippen LogP contribution in [0.3, 0.4) is 0 Å². The van der Waals surface area contributed by atoms with Gasteiger partial charge in [-0.25, -0.2) is 0 Å². The largest absolute Gasteiger partial charge is 0.489 e. The quantitative estimate of drug-likeness (QED) is 0.779. The van der Waals surface area contributed by atoms with Gasteiger partial charge in [0.2, 0.25) is 0 Å². The average molecular weight is 326 g/mol. The number of carbonyl (C=O) groups is 1. The third-order valence-electron chi connectivity index (χ3n) is 3.64. The van der Waals surface area contributed by atoms with E-state index in [1.165, 1.54) is 6.20 Å². The van der Waals surface area contributed by atoms with Crippen molar-refractivity contribution >= 4 is 11.6 Å². The predicted octanol–water partition coefficient (Wildman–Crippen LogP) is 2.86. The molecule has 1 aromatic carbocycles. The molecule has 24 heavy (non-hydrogen) atoms. The minimum absolute atomic E-state index is 0.201. The fourth-order valence-electron chi connectivity index (χ4n) is 2.24. The Kier molecular flexibility index (Phi) is 4.33. The maximum absolute atomic E-state index is 12.1. The maximum Gasteiger partial charge on any atom is 0.258 e. The second-order valence-electron chi connectivity index (χ2n) is 5.47. The molecule has 0 unspecified atom stereocenters. The molecule has 0 atom stereocenters. The highest BCUT2D eigenvalue weighted by Crippen LogP contribution is 2.20. The van der Waals surface area contributed by atoms with Crippen LogP contribution >= 0.6 is 0 Å². The van der Waals surface area contributed by atoms with Crippen LogP contribution in [0.5, 0.6) is 5.75 Å². The molecule has 2 aromatic heterocycles. The fraction of sp³-hybridized carbons (Fsp3) is 0.235. The molecule has 0 aliphatic rings. The van der Waals surface area contributed by atoms with Crippen molar-refractivity contribution in [3.63, 3.8) is 0 Å². The Balaban J connectivity index is 1.60. The maximum atomic E-state index is 12.1. The summed E-state index contributed by atoms with van der Waals surface area (Å²) >= 11 is 0. The Morgan fingerprint density at radius 1 is 1.29 bits per heavy atom. The molecule has 0 bridgehead atoms. The molecule has 3 aromatic rings. The lowest BCUT2D eigenvalue weighted by Gasteiger charge is -2.08. The van der Waals surface area contributed by atoms with Crippen molar-refractivity contribution in [1.29, 1.82) is 0 Å². The van der Waals surface area contributed by atoms with Gasteiger partial charge >= 0.3 is 0 Å². The van der Waals surface area contributed by atoms with Gasteiger partial charge in [-0.05, 0) is 38.1 Å². The van der Waals surface area contributed by atoms with E-state index in [1.807, 2.05) is 13.8 Å². The number of hydrogen-bond acceptors (Lipinski definition) is 5. The number of hydrogen-bond donors (Lipinski definition) is 1. The summed E-state index contributed by atoms with van der Waals surface area (Å²) in [6.45, 7) is 4.13. The van der Waals surface area contributed by atoms with Crippen molar-refractivity contribution in [2.45, 2.75) is 20.5 Å². The molecule has 1 N–H and O–H groups in total. The number of ether oxygens (including phenoxy) is 1. The first-order valence-corrected chi connectivity index (χ1v) is 7.47. The van der Waals surface area contributed by atoms with Crippen molar-refractivity contribution in [1.82, 2.24) is 14.9 Å². The van der Waals surface area contributed by atoms with E-state index in [0.717, 1.165) is 17.0 Å². The van der Waals surface area contributed by atoms with E-state index in [4.69, 9.17) is 9.26 Å². The number of nitrogens with one attached hydrogen (secondary N) is 1. The van der Waals surface area contributed by atoms with Crippen LogP contribution in [0.15, 0.2) is 41.2 Å². The van der Waals surface area contributed by atoms with E-state index >= 15 is 0 Å². The summed E-state index contributed by atoms with van der Waals surface area (Å²) in [6.07, 6.45) is 3.19. The molecule has 0 radical (unpaired) electrons. The van der Waals surface area contributed by atoms with Gasteiger partial charge in [0.05, 0.1) is 23.0 Å². The molecule has 0 spiro atoms. The van der Waals surface area contributed by atoms with Crippen LogP contribution in [0.2, 0.25) is 0 Å². The monoisotopic (exact) mass is 326 g/mol. The third kappa shape index (κ3) is 3.45. The van der Waals surface area contributed by atoms with Gasteiger partial charge in [0, 0.05) is 18.9 Å². The Morgan fingerprint density at radius 3 is 2.62 bits per heavy atom. The molecule has 0 aliphatic carbocycles. The predicted molar refractivity (Wildman–Crippen MR) is 87.9 cm³/mol. The van der Waals surface area contributed by atoms with Gasteiger partial charge in [0.1, 0.15) is 18.1 Å². The molecule has 7 nitrogen and oxygen atoms in total. The van der Waals surface area contributed by atoms with Gasteiger partial charge in [-0.1, -0.05) is 5.16 Å². The zero-order valence-electron chi connectivity index (χ0n) is 13.7. The zero-order valence-corrected chi connectivity index (χ0v) is 13.7. The first kappa shape index (κ1) is 15.8. The van der Waals surface area contributed by atoms with Crippen LogP contribution in [0, 0.1) is 13.8 Å². The number of aryl methyl sites for hydroxylation is 3. The van der Waals surface area contributed by atoms with Gasteiger partial charge < -0.3 is 14.6 Å². The minimum atomic E-state index is -0.201. The molecule has 0 saturated carbocycles. The molecular weight excluding hydrogens is 308 g/mol. The summed E-state index contributed by atoms with van der Waals surface area (Å²) in [4.78, 5) is 12.1. The number of benzene rings is 1. The van der Waals surface area contributed by atoms with Crippen LogP contribution in [-0.2, 0) is 13.7 Å². The molecule has 1 amide bonds. The van der Waals surface area contributed by atoms with Crippen molar-refractivity contribution < 1.29 is 14.1 Å². The van der Waals surface area contributed by atoms with Crippen LogP contribution in [0.4, 0.5) is 5.69 Å². The van der Waals surface area contributed by atoms with Gasteiger partial charge in [-0.15, -0.1) is 0 Å². The molecule has 2 heterocycles. The Labute approximate surface area is 139 Å². The van der Waals surface area contributed by atoms with E-state index in [1.54, 1.807) is 42.2 Å². The molecule has 0 fully saturated rings. The van der Waals surface area contributed by atoms with Gasteiger partial charge in [-0.3, -0.25) is 9.48 Å². The smallest absolute Gasteiger partial charge is 0.258 e. The second-order valence-corrected chi connectivity index (χ2v) is 5.47. The SMILES string of the molecule is Cc1noc(C)c1COc1ccc(NC(=O)c2cnn(C)c2)cc1. The summed E-state index contributed by atoms with van der Waals surface area (Å²) < 4.78 is 12.4. The Hall–Kier alpha value is -3.09. The van der Waals surface area contributed by atoms with E-state index in [2.05, 4.69) is 15.6 Å². The highest BCUT2D eigenvalue weighted by atomic mass is 16.5. The molecule has 0 saturated heterocycles.